The van der Waals surface area contributed by atoms with Gasteiger partial charge in [0.15, 0.2) is 0 Å². The number of sulfonamides is 1. The van der Waals surface area contributed by atoms with E-state index in [1.807, 2.05) is 0 Å². The Bertz CT molecular complexity index is 580. The molecule has 0 fully saturated rings. The zero-order valence-corrected chi connectivity index (χ0v) is 13.7. The van der Waals surface area contributed by atoms with Gasteiger partial charge in [-0.05, 0) is 13.8 Å². The fourth-order valence-electron chi connectivity index (χ4n) is 2.17. The molecule has 0 radical (unpaired) electrons. The van der Waals surface area contributed by atoms with Crippen molar-refractivity contribution in [3.63, 3.8) is 0 Å². The van der Waals surface area contributed by atoms with Crippen LogP contribution in [0.1, 0.15) is 11.4 Å². The summed E-state index contributed by atoms with van der Waals surface area (Å²) in [6.45, 7) is 8.75. The van der Waals surface area contributed by atoms with Crippen molar-refractivity contribution < 1.29 is 13.2 Å². The van der Waals surface area contributed by atoms with E-state index in [0.717, 1.165) is 0 Å². The Morgan fingerprint density at radius 2 is 2.14 bits per heavy atom. The predicted molar refractivity (Wildman–Crippen MR) is 81.6 cm³/mol. The number of rotatable bonds is 9. The largest absolute Gasteiger partial charge is 0.383 e. The van der Waals surface area contributed by atoms with E-state index in [9.17, 15) is 8.42 Å². The SMILES string of the molecule is C=CCN(CCOC)S(=O)(=O)c1c(C)nn(CCN)c1C. The van der Waals surface area contributed by atoms with E-state index in [4.69, 9.17) is 10.5 Å². The number of hydrogen-bond donors (Lipinski definition) is 1. The molecule has 7 nitrogen and oxygen atoms in total. The summed E-state index contributed by atoms with van der Waals surface area (Å²) in [4.78, 5) is 0.244. The van der Waals surface area contributed by atoms with E-state index < -0.39 is 10.0 Å². The molecular weight excluding hydrogens is 292 g/mol. The molecule has 0 atom stereocenters. The highest BCUT2D eigenvalue weighted by Crippen LogP contribution is 2.23. The van der Waals surface area contributed by atoms with E-state index in [1.165, 1.54) is 11.4 Å². The maximum atomic E-state index is 12.8. The van der Waals surface area contributed by atoms with Gasteiger partial charge in [0.25, 0.3) is 0 Å². The fourth-order valence-corrected chi connectivity index (χ4v) is 3.94. The number of ether oxygens (including phenoxy) is 1. The normalized spacial score (nSPS) is 12.0. The molecule has 0 aliphatic rings. The second-order valence-electron chi connectivity index (χ2n) is 4.66. The first kappa shape index (κ1) is 17.8. The number of aryl methyl sites for hydroxylation is 1. The van der Waals surface area contributed by atoms with Crippen LogP contribution >= 0.6 is 0 Å². The van der Waals surface area contributed by atoms with Gasteiger partial charge in [-0.1, -0.05) is 6.08 Å². The first-order chi connectivity index (χ1) is 9.89. The molecule has 0 saturated carbocycles. The average molecular weight is 316 g/mol. The first-order valence-electron chi connectivity index (χ1n) is 6.74. The van der Waals surface area contributed by atoms with Crippen molar-refractivity contribution in [3.05, 3.63) is 24.0 Å². The quantitative estimate of drug-likeness (QED) is 0.661. The summed E-state index contributed by atoms with van der Waals surface area (Å²) in [6, 6.07) is 0. The van der Waals surface area contributed by atoms with E-state index in [2.05, 4.69) is 11.7 Å². The Morgan fingerprint density at radius 3 is 2.67 bits per heavy atom. The lowest BCUT2D eigenvalue weighted by Gasteiger charge is -2.20. The van der Waals surface area contributed by atoms with Gasteiger partial charge in [-0.2, -0.15) is 9.40 Å². The Labute approximate surface area is 126 Å². The van der Waals surface area contributed by atoms with E-state index >= 15 is 0 Å². The third kappa shape index (κ3) is 3.91. The van der Waals surface area contributed by atoms with Gasteiger partial charge < -0.3 is 10.5 Å². The molecule has 8 heteroatoms. The van der Waals surface area contributed by atoms with Crippen LogP contribution in [0.5, 0.6) is 0 Å². The fraction of sp³-hybridized carbons (Fsp3) is 0.615. The molecule has 1 aromatic rings. The lowest BCUT2D eigenvalue weighted by molar-refractivity contribution is 0.182. The summed E-state index contributed by atoms with van der Waals surface area (Å²) >= 11 is 0. The molecule has 0 aliphatic carbocycles. The van der Waals surface area contributed by atoms with Crippen LogP contribution in [0, 0.1) is 13.8 Å². The highest BCUT2D eigenvalue weighted by Gasteiger charge is 2.30. The Kier molecular flexibility index (Phi) is 6.53. The Hall–Kier alpha value is -1.22. The molecular formula is C13H24N4O3S. The Balaban J connectivity index is 3.24. The zero-order valence-electron chi connectivity index (χ0n) is 12.9. The van der Waals surface area contributed by atoms with Gasteiger partial charge in [-0.3, -0.25) is 4.68 Å². The van der Waals surface area contributed by atoms with Crippen molar-refractivity contribution in [1.82, 2.24) is 14.1 Å². The van der Waals surface area contributed by atoms with Crippen molar-refractivity contribution in [1.29, 1.82) is 0 Å². The van der Waals surface area contributed by atoms with Crippen LogP contribution in [-0.4, -0.2) is 55.9 Å². The molecule has 0 bridgehead atoms. The van der Waals surface area contributed by atoms with E-state index in [1.54, 1.807) is 24.6 Å². The van der Waals surface area contributed by atoms with Crippen LogP contribution in [-0.2, 0) is 21.3 Å². The number of methoxy groups -OCH3 is 1. The third-order valence-electron chi connectivity index (χ3n) is 3.13. The molecule has 0 aliphatic heterocycles. The van der Waals surface area contributed by atoms with Crippen molar-refractivity contribution in [2.45, 2.75) is 25.3 Å². The minimum absolute atomic E-state index is 0.229. The molecule has 0 amide bonds. The van der Waals surface area contributed by atoms with Gasteiger partial charge in [-0.15, -0.1) is 6.58 Å². The lowest BCUT2D eigenvalue weighted by atomic mass is 10.4. The minimum atomic E-state index is -3.64. The van der Waals surface area contributed by atoms with Crippen LogP contribution < -0.4 is 5.73 Å². The summed E-state index contributed by atoms with van der Waals surface area (Å²) in [5.74, 6) is 0. The van der Waals surface area contributed by atoms with Gasteiger partial charge in [0, 0.05) is 26.7 Å². The van der Waals surface area contributed by atoms with Crippen LogP contribution in [0.2, 0.25) is 0 Å². The number of hydrogen-bond acceptors (Lipinski definition) is 5. The zero-order chi connectivity index (χ0) is 16.0. The predicted octanol–water partition coefficient (Wildman–Crippen LogP) is 0.282. The molecule has 0 spiro atoms. The molecule has 1 heterocycles. The summed E-state index contributed by atoms with van der Waals surface area (Å²) < 4.78 is 33.6. The summed E-state index contributed by atoms with van der Waals surface area (Å²) in [5.41, 5.74) is 6.60. The van der Waals surface area contributed by atoms with Gasteiger partial charge in [0.05, 0.1) is 24.5 Å². The lowest BCUT2D eigenvalue weighted by Crippen LogP contribution is -2.34. The van der Waals surface area contributed by atoms with Crippen LogP contribution in [0.25, 0.3) is 0 Å². The first-order valence-corrected chi connectivity index (χ1v) is 8.18. The monoisotopic (exact) mass is 316 g/mol. The second kappa shape index (κ2) is 7.69. The molecule has 1 aromatic heterocycles. The summed E-state index contributed by atoms with van der Waals surface area (Å²) in [5, 5.41) is 4.26. The molecule has 0 saturated heterocycles. The molecule has 1 rings (SSSR count). The minimum Gasteiger partial charge on any atom is -0.383 e. The molecule has 21 heavy (non-hydrogen) atoms. The van der Waals surface area contributed by atoms with Crippen molar-refractivity contribution in [2.75, 3.05) is 33.4 Å². The highest BCUT2D eigenvalue weighted by atomic mass is 32.2. The summed E-state index contributed by atoms with van der Waals surface area (Å²) in [6.07, 6.45) is 1.56. The standard InChI is InChI=1S/C13H24N4O3S/c1-5-7-16(9-10-20-4)21(18,19)13-11(2)15-17(8-6-14)12(13)3/h5H,1,6-10,14H2,2-4H3. The maximum absolute atomic E-state index is 12.8. The highest BCUT2D eigenvalue weighted by molar-refractivity contribution is 7.89. The number of nitrogens with zero attached hydrogens (tertiary/aromatic N) is 3. The van der Waals surface area contributed by atoms with E-state index in [-0.39, 0.29) is 18.0 Å². The smallest absolute Gasteiger partial charge is 0.247 e. The average Bonchev–Trinajstić information content (AvgIpc) is 2.70. The molecule has 2 N–H and O–H groups in total. The third-order valence-corrected chi connectivity index (χ3v) is 5.25. The molecule has 0 unspecified atom stereocenters. The van der Waals surface area contributed by atoms with Crippen LogP contribution in [0.4, 0.5) is 0 Å². The summed E-state index contributed by atoms with van der Waals surface area (Å²) in [7, 11) is -2.10. The van der Waals surface area contributed by atoms with E-state index in [0.29, 0.717) is 31.1 Å². The molecule has 120 valence electrons. The van der Waals surface area contributed by atoms with Crippen molar-refractivity contribution in [3.8, 4) is 0 Å². The van der Waals surface area contributed by atoms with Crippen LogP contribution in [0.3, 0.4) is 0 Å². The van der Waals surface area contributed by atoms with Gasteiger partial charge in [-0.25, -0.2) is 8.42 Å². The number of aromatic nitrogens is 2. The Morgan fingerprint density at radius 1 is 1.48 bits per heavy atom. The van der Waals surface area contributed by atoms with Gasteiger partial charge in [0.2, 0.25) is 10.0 Å². The van der Waals surface area contributed by atoms with Gasteiger partial charge in [0.1, 0.15) is 4.90 Å². The van der Waals surface area contributed by atoms with Crippen LogP contribution in [0.15, 0.2) is 17.6 Å². The number of nitrogens with two attached hydrogens (primary N) is 1. The second-order valence-corrected chi connectivity index (χ2v) is 6.53. The topological polar surface area (TPSA) is 90.5 Å². The van der Waals surface area contributed by atoms with Gasteiger partial charge >= 0.3 is 0 Å². The maximum Gasteiger partial charge on any atom is 0.247 e. The van der Waals surface area contributed by atoms with Crippen molar-refractivity contribution >= 4 is 10.0 Å². The molecule has 0 aromatic carbocycles. The van der Waals surface area contributed by atoms with Crippen molar-refractivity contribution in [2.24, 2.45) is 5.73 Å².